The molecule has 2 aromatic rings. The van der Waals surface area contributed by atoms with Crippen molar-refractivity contribution in [1.29, 1.82) is 0 Å². The summed E-state index contributed by atoms with van der Waals surface area (Å²) >= 11 is 1.64. The molecule has 0 spiro atoms. The summed E-state index contributed by atoms with van der Waals surface area (Å²) in [5, 5.41) is 2.97. The summed E-state index contributed by atoms with van der Waals surface area (Å²) in [6, 6.07) is 10.4. The third-order valence-corrected chi connectivity index (χ3v) is 6.22. The van der Waals surface area contributed by atoms with Gasteiger partial charge in [0.15, 0.2) is 0 Å². The summed E-state index contributed by atoms with van der Waals surface area (Å²) in [6.07, 6.45) is 3.10. The summed E-state index contributed by atoms with van der Waals surface area (Å²) in [5.41, 5.74) is 2.21. The third kappa shape index (κ3) is 2.17. The Kier molecular flexibility index (Phi) is 3.01. The molecule has 4 fully saturated rings. The number of nitrogens with zero attached hydrogens (tertiary/aromatic N) is 2. The molecule has 3 saturated heterocycles. The van der Waals surface area contributed by atoms with Crippen molar-refractivity contribution in [3.63, 3.8) is 0 Å². The summed E-state index contributed by atoms with van der Waals surface area (Å²) < 4.78 is 6.37. The molecule has 22 heavy (non-hydrogen) atoms. The van der Waals surface area contributed by atoms with Gasteiger partial charge < -0.3 is 9.64 Å². The Labute approximate surface area is 134 Å². The van der Waals surface area contributed by atoms with Crippen LogP contribution >= 0.6 is 11.3 Å². The van der Waals surface area contributed by atoms with Crippen LogP contribution in [0.15, 0.2) is 35.7 Å². The lowest BCUT2D eigenvalue weighted by molar-refractivity contribution is -0.0984. The predicted molar refractivity (Wildman–Crippen MR) is 88.1 cm³/mol. The molecule has 114 valence electrons. The van der Waals surface area contributed by atoms with Gasteiger partial charge in [-0.05, 0) is 18.8 Å². The zero-order chi connectivity index (χ0) is 14.5. The second-order valence-corrected chi connectivity index (χ2v) is 7.84. The highest BCUT2D eigenvalue weighted by molar-refractivity contribution is 7.11. The highest BCUT2D eigenvalue weighted by Gasteiger charge is 2.48. The van der Waals surface area contributed by atoms with E-state index in [0.29, 0.717) is 6.10 Å². The zero-order valence-corrected chi connectivity index (χ0v) is 13.3. The number of hydrogen-bond acceptors (Lipinski definition) is 4. The monoisotopic (exact) mass is 312 g/mol. The SMILES string of the molecule is c1ccc(-c2csc(OC3C4CC5C[C@H]3CN(C5)C4)n2)cc1. The molecule has 6 rings (SSSR count). The van der Waals surface area contributed by atoms with E-state index in [1.54, 1.807) is 11.3 Å². The molecule has 1 saturated carbocycles. The van der Waals surface area contributed by atoms with Gasteiger partial charge in [-0.1, -0.05) is 41.7 Å². The normalized spacial score (nSPS) is 35.7. The van der Waals surface area contributed by atoms with Crippen LogP contribution in [0, 0.1) is 17.8 Å². The average Bonchev–Trinajstić information content (AvgIpc) is 3.00. The van der Waals surface area contributed by atoms with Gasteiger partial charge in [-0.15, -0.1) is 0 Å². The molecular formula is C18H20N2OS. The Morgan fingerprint density at radius 3 is 2.55 bits per heavy atom. The van der Waals surface area contributed by atoms with Crippen molar-refractivity contribution in [2.24, 2.45) is 17.8 Å². The molecular weight excluding hydrogens is 292 g/mol. The predicted octanol–water partition coefficient (Wildman–Crippen LogP) is 3.53. The zero-order valence-electron chi connectivity index (χ0n) is 12.5. The van der Waals surface area contributed by atoms with Crippen LogP contribution in [0.25, 0.3) is 11.3 Å². The minimum absolute atomic E-state index is 0.391. The summed E-state index contributed by atoms with van der Waals surface area (Å²) in [5.74, 6) is 2.36. The minimum atomic E-state index is 0.391. The lowest BCUT2D eigenvalue weighted by atomic mass is 9.66. The first kappa shape index (κ1) is 13.1. The number of ether oxygens (including phenoxy) is 1. The molecule has 1 aromatic carbocycles. The molecule has 0 amide bonds. The fourth-order valence-electron chi connectivity index (χ4n) is 4.73. The highest BCUT2D eigenvalue weighted by Crippen LogP contribution is 2.45. The molecule has 4 unspecified atom stereocenters. The van der Waals surface area contributed by atoms with Crippen molar-refractivity contribution in [2.45, 2.75) is 18.9 Å². The molecule has 5 atom stereocenters. The van der Waals surface area contributed by atoms with Gasteiger partial charge in [0.25, 0.3) is 5.19 Å². The molecule has 0 N–H and O–H groups in total. The molecule has 4 aliphatic rings. The molecule has 1 aromatic heterocycles. The van der Waals surface area contributed by atoms with Gasteiger partial charge in [0.1, 0.15) is 6.10 Å². The maximum atomic E-state index is 6.37. The molecule has 0 radical (unpaired) electrons. The van der Waals surface area contributed by atoms with Crippen LogP contribution in [0.4, 0.5) is 0 Å². The van der Waals surface area contributed by atoms with Gasteiger partial charge in [0.05, 0.1) is 5.69 Å². The Bertz CT molecular complexity index is 641. The van der Waals surface area contributed by atoms with Gasteiger partial charge in [-0.2, -0.15) is 0 Å². The minimum Gasteiger partial charge on any atom is -0.466 e. The number of piperidine rings is 3. The molecule has 3 aliphatic heterocycles. The molecule has 3 nitrogen and oxygen atoms in total. The van der Waals surface area contributed by atoms with Crippen LogP contribution in [0.2, 0.25) is 0 Å². The number of thiazole rings is 1. The molecule has 4 bridgehead atoms. The van der Waals surface area contributed by atoms with E-state index in [1.807, 2.05) is 6.07 Å². The van der Waals surface area contributed by atoms with Crippen LogP contribution in [-0.2, 0) is 0 Å². The van der Waals surface area contributed by atoms with Gasteiger partial charge in [-0.3, -0.25) is 0 Å². The number of aromatic nitrogens is 1. The van der Waals surface area contributed by atoms with E-state index in [1.165, 1.54) is 38.0 Å². The fraction of sp³-hybridized carbons (Fsp3) is 0.500. The quantitative estimate of drug-likeness (QED) is 0.867. The maximum absolute atomic E-state index is 6.37. The number of benzene rings is 1. The third-order valence-electron chi connectivity index (χ3n) is 5.49. The van der Waals surface area contributed by atoms with E-state index < -0.39 is 0 Å². The summed E-state index contributed by atoms with van der Waals surface area (Å²) in [4.78, 5) is 7.36. The molecule has 4 heterocycles. The summed E-state index contributed by atoms with van der Waals surface area (Å²) in [6.45, 7) is 3.79. The first-order valence-corrected chi connectivity index (χ1v) is 9.13. The van der Waals surface area contributed by atoms with Gasteiger partial charge in [0, 0.05) is 42.4 Å². The van der Waals surface area contributed by atoms with Crippen LogP contribution in [0.3, 0.4) is 0 Å². The van der Waals surface area contributed by atoms with Gasteiger partial charge in [-0.25, -0.2) is 4.98 Å². The lowest BCUT2D eigenvalue weighted by Gasteiger charge is -2.55. The van der Waals surface area contributed by atoms with Crippen LogP contribution in [-0.4, -0.2) is 35.6 Å². The lowest BCUT2D eigenvalue weighted by Crippen LogP contribution is -2.61. The van der Waals surface area contributed by atoms with Crippen molar-refractivity contribution in [3.8, 4) is 16.5 Å². The molecule has 4 heteroatoms. The largest absolute Gasteiger partial charge is 0.466 e. The van der Waals surface area contributed by atoms with Crippen molar-refractivity contribution >= 4 is 11.3 Å². The van der Waals surface area contributed by atoms with Crippen LogP contribution < -0.4 is 4.74 Å². The number of rotatable bonds is 3. The van der Waals surface area contributed by atoms with Crippen molar-refractivity contribution in [2.75, 3.05) is 19.6 Å². The second kappa shape index (κ2) is 5.07. The Balaban J connectivity index is 1.35. The first-order chi connectivity index (χ1) is 10.8. The van der Waals surface area contributed by atoms with E-state index in [4.69, 9.17) is 9.72 Å². The van der Waals surface area contributed by atoms with E-state index in [-0.39, 0.29) is 0 Å². The van der Waals surface area contributed by atoms with Gasteiger partial charge >= 0.3 is 0 Å². The van der Waals surface area contributed by atoms with E-state index in [2.05, 4.69) is 34.5 Å². The van der Waals surface area contributed by atoms with E-state index in [9.17, 15) is 0 Å². The Morgan fingerprint density at radius 1 is 1.05 bits per heavy atom. The smallest absolute Gasteiger partial charge is 0.274 e. The van der Waals surface area contributed by atoms with Gasteiger partial charge in [0.2, 0.25) is 0 Å². The fourth-order valence-corrected chi connectivity index (χ4v) is 5.44. The second-order valence-electron chi connectivity index (χ2n) is 7.02. The number of hydrogen-bond donors (Lipinski definition) is 0. The standard InChI is InChI=1S/C18H20N2OS/c1-2-4-13(5-3-1)16-11-22-18(19-16)21-17-14-6-12-7-15(17)10-20(8-12)9-14/h1-5,11-12,14-15,17H,6-10H2/t12?,14-,15?,17?/m0/s1. The first-order valence-electron chi connectivity index (χ1n) is 8.25. The summed E-state index contributed by atoms with van der Waals surface area (Å²) in [7, 11) is 0. The van der Waals surface area contributed by atoms with E-state index in [0.717, 1.165) is 28.6 Å². The topological polar surface area (TPSA) is 25.4 Å². The Hall–Kier alpha value is -1.39. The van der Waals surface area contributed by atoms with Crippen LogP contribution in [0.5, 0.6) is 5.19 Å². The Morgan fingerprint density at radius 2 is 1.82 bits per heavy atom. The highest BCUT2D eigenvalue weighted by atomic mass is 32.1. The average molecular weight is 312 g/mol. The van der Waals surface area contributed by atoms with Crippen molar-refractivity contribution in [3.05, 3.63) is 35.7 Å². The van der Waals surface area contributed by atoms with Crippen molar-refractivity contribution < 1.29 is 4.74 Å². The van der Waals surface area contributed by atoms with Crippen LogP contribution in [0.1, 0.15) is 12.8 Å². The van der Waals surface area contributed by atoms with E-state index >= 15 is 0 Å². The van der Waals surface area contributed by atoms with Crippen molar-refractivity contribution in [1.82, 2.24) is 9.88 Å². The maximum Gasteiger partial charge on any atom is 0.274 e. The molecule has 1 aliphatic carbocycles.